The van der Waals surface area contributed by atoms with Crippen LogP contribution in [0.3, 0.4) is 0 Å². The molecule has 0 saturated carbocycles. The highest BCUT2D eigenvalue weighted by Gasteiger charge is 2.20. The molecule has 2 atom stereocenters. The number of rotatable bonds is 61. The molecule has 0 aliphatic rings. The Morgan fingerprint density at radius 3 is 0.871 bits per heavy atom. The summed E-state index contributed by atoms with van der Waals surface area (Å²) < 4.78 is 5.50. The van der Waals surface area contributed by atoms with Crippen LogP contribution in [-0.4, -0.2) is 47.4 Å². The molecule has 0 aromatic rings. The third-order valence-corrected chi connectivity index (χ3v) is 15.4. The van der Waals surface area contributed by atoms with Gasteiger partial charge < -0.3 is 20.3 Å². The van der Waals surface area contributed by atoms with Gasteiger partial charge in [0.1, 0.15) is 0 Å². The van der Waals surface area contributed by atoms with E-state index in [9.17, 15) is 19.8 Å². The molecule has 0 aliphatic heterocycles. The number of unbranched alkanes of at least 4 members (excludes halogenated alkanes) is 50. The highest BCUT2D eigenvalue weighted by Crippen LogP contribution is 2.19. The number of nitrogens with one attached hydrogen (secondary N) is 1. The van der Waals surface area contributed by atoms with Crippen LogP contribution in [0.2, 0.25) is 0 Å². The van der Waals surface area contributed by atoms with Crippen molar-refractivity contribution in [1.82, 2.24) is 5.32 Å². The van der Waals surface area contributed by atoms with Gasteiger partial charge in [-0.2, -0.15) is 0 Å². The minimum Gasteiger partial charge on any atom is -0.466 e. The van der Waals surface area contributed by atoms with Gasteiger partial charge in [-0.25, -0.2) is 0 Å². The van der Waals surface area contributed by atoms with Crippen LogP contribution in [0, 0.1) is 0 Å². The molecular formula is C64H127NO5. The Labute approximate surface area is 438 Å². The Morgan fingerprint density at radius 2 is 0.586 bits per heavy atom. The molecule has 0 aromatic heterocycles. The summed E-state index contributed by atoms with van der Waals surface area (Å²) in [6.45, 7) is 4.98. The van der Waals surface area contributed by atoms with Crippen molar-refractivity contribution in [2.45, 2.75) is 386 Å². The van der Waals surface area contributed by atoms with Gasteiger partial charge in [0, 0.05) is 12.8 Å². The van der Waals surface area contributed by atoms with E-state index in [1.807, 2.05) is 0 Å². The van der Waals surface area contributed by atoms with E-state index in [1.165, 1.54) is 295 Å². The van der Waals surface area contributed by atoms with Gasteiger partial charge in [-0.05, 0) is 25.7 Å². The Bertz CT molecular complexity index is 1010. The average molecular weight is 991 g/mol. The van der Waals surface area contributed by atoms with E-state index in [1.54, 1.807) is 0 Å². The van der Waals surface area contributed by atoms with Gasteiger partial charge >= 0.3 is 5.97 Å². The fourth-order valence-electron chi connectivity index (χ4n) is 10.5. The summed E-state index contributed by atoms with van der Waals surface area (Å²) in [5, 5.41) is 23.4. The molecule has 0 bridgehead atoms. The topological polar surface area (TPSA) is 95.9 Å². The van der Waals surface area contributed by atoms with E-state index < -0.39 is 12.1 Å². The highest BCUT2D eigenvalue weighted by atomic mass is 16.5. The monoisotopic (exact) mass is 990 g/mol. The van der Waals surface area contributed by atoms with Crippen molar-refractivity contribution >= 4 is 11.9 Å². The van der Waals surface area contributed by atoms with Gasteiger partial charge in [0.2, 0.25) is 5.91 Å². The van der Waals surface area contributed by atoms with Crippen LogP contribution in [0.1, 0.15) is 373 Å². The molecule has 0 fully saturated rings. The normalized spacial score (nSPS) is 12.5. The minimum absolute atomic E-state index is 0.00702. The molecule has 6 heteroatoms. The second kappa shape index (κ2) is 60.4. The summed E-state index contributed by atoms with van der Waals surface area (Å²) in [6, 6.07) is -0.547. The minimum atomic E-state index is -0.669. The SMILES string of the molecule is CCCCCCCCCCCCCCCCCCCCCC(=O)OCCCCCCCCCCCCCCCCCC(=O)NC(CO)C(O)CCCCCCCCCCCCCCCCCCCCC. The van der Waals surface area contributed by atoms with Crippen LogP contribution >= 0.6 is 0 Å². The van der Waals surface area contributed by atoms with Crippen molar-refractivity contribution in [3.8, 4) is 0 Å². The maximum atomic E-state index is 12.5. The first-order valence-corrected chi connectivity index (χ1v) is 32.3. The van der Waals surface area contributed by atoms with Gasteiger partial charge in [-0.3, -0.25) is 9.59 Å². The average Bonchev–Trinajstić information content (AvgIpc) is 3.36. The Morgan fingerprint density at radius 1 is 0.343 bits per heavy atom. The van der Waals surface area contributed by atoms with E-state index in [0.29, 0.717) is 25.9 Å². The smallest absolute Gasteiger partial charge is 0.305 e. The number of ether oxygens (including phenoxy) is 1. The number of hydrogen-bond donors (Lipinski definition) is 3. The number of aliphatic hydroxyl groups is 2. The van der Waals surface area contributed by atoms with Crippen molar-refractivity contribution in [2.75, 3.05) is 13.2 Å². The Kier molecular flexibility index (Phi) is 59.4. The molecule has 0 saturated heterocycles. The van der Waals surface area contributed by atoms with E-state index in [2.05, 4.69) is 19.2 Å². The fraction of sp³-hybridized carbons (Fsp3) is 0.969. The zero-order chi connectivity index (χ0) is 50.7. The first-order valence-electron chi connectivity index (χ1n) is 32.3. The molecule has 0 rings (SSSR count). The third-order valence-electron chi connectivity index (χ3n) is 15.4. The van der Waals surface area contributed by atoms with Gasteiger partial charge in [0.05, 0.1) is 25.4 Å². The standard InChI is InChI=1S/C64H127NO5/c1-3-5-7-9-11-13-15-17-19-21-23-25-28-32-36-40-44-48-52-56-62(67)61(60-66)65-63(68)57-53-49-45-41-37-33-29-27-31-35-39-43-47-51-55-59-70-64(69)58-54-50-46-42-38-34-30-26-24-22-20-18-16-14-12-10-8-6-4-2/h61-62,66-67H,3-60H2,1-2H3,(H,65,68). The van der Waals surface area contributed by atoms with E-state index >= 15 is 0 Å². The second-order valence-electron chi connectivity index (χ2n) is 22.5. The molecule has 0 radical (unpaired) electrons. The van der Waals surface area contributed by atoms with Crippen molar-refractivity contribution in [2.24, 2.45) is 0 Å². The van der Waals surface area contributed by atoms with Crippen LogP contribution < -0.4 is 5.32 Å². The molecule has 0 aliphatic carbocycles. The summed E-state index contributed by atoms with van der Waals surface area (Å²) in [5.41, 5.74) is 0. The molecule has 6 nitrogen and oxygen atoms in total. The number of carbonyl (C=O) groups is 2. The molecule has 418 valence electrons. The first-order chi connectivity index (χ1) is 34.5. The summed E-state index contributed by atoms with van der Waals surface area (Å²) in [4.78, 5) is 24.6. The molecule has 0 spiro atoms. The third kappa shape index (κ3) is 56.2. The number of aliphatic hydroxyl groups excluding tert-OH is 2. The summed E-state index contributed by atoms with van der Waals surface area (Å²) in [5.74, 6) is -0.0317. The molecule has 3 N–H and O–H groups in total. The number of hydrogen-bond acceptors (Lipinski definition) is 5. The molecule has 70 heavy (non-hydrogen) atoms. The predicted molar refractivity (Wildman–Crippen MR) is 306 cm³/mol. The summed E-state index contributed by atoms with van der Waals surface area (Å²) >= 11 is 0. The number of carbonyl (C=O) groups excluding carboxylic acids is 2. The fourth-order valence-corrected chi connectivity index (χ4v) is 10.5. The lowest BCUT2D eigenvalue weighted by Crippen LogP contribution is -2.45. The maximum absolute atomic E-state index is 12.5. The van der Waals surface area contributed by atoms with Crippen LogP contribution in [-0.2, 0) is 14.3 Å². The van der Waals surface area contributed by atoms with Crippen molar-refractivity contribution < 1.29 is 24.5 Å². The molecule has 0 heterocycles. The quantitative estimate of drug-likeness (QED) is 0.0417. The molecular weight excluding hydrogens is 863 g/mol. The van der Waals surface area contributed by atoms with Crippen LogP contribution in [0.15, 0.2) is 0 Å². The van der Waals surface area contributed by atoms with Gasteiger partial charge in [0.25, 0.3) is 0 Å². The van der Waals surface area contributed by atoms with Crippen LogP contribution in [0.5, 0.6) is 0 Å². The van der Waals surface area contributed by atoms with Crippen molar-refractivity contribution in [3.05, 3.63) is 0 Å². The lowest BCUT2D eigenvalue weighted by atomic mass is 10.0. The second-order valence-corrected chi connectivity index (χ2v) is 22.5. The van der Waals surface area contributed by atoms with E-state index in [4.69, 9.17) is 4.74 Å². The van der Waals surface area contributed by atoms with E-state index in [0.717, 1.165) is 44.9 Å². The Balaban J connectivity index is 3.39. The highest BCUT2D eigenvalue weighted by molar-refractivity contribution is 5.76. The number of esters is 1. The lowest BCUT2D eigenvalue weighted by Gasteiger charge is -2.22. The zero-order valence-electron chi connectivity index (χ0n) is 47.8. The largest absolute Gasteiger partial charge is 0.466 e. The zero-order valence-corrected chi connectivity index (χ0v) is 47.8. The summed E-state index contributed by atoms with van der Waals surface area (Å²) in [6.07, 6.45) is 71.1. The van der Waals surface area contributed by atoms with E-state index in [-0.39, 0.29) is 18.5 Å². The molecule has 2 unspecified atom stereocenters. The lowest BCUT2D eigenvalue weighted by molar-refractivity contribution is -0.143. The van der Waals surface area contributed by atoms with Crippen LogP contribution in [0.25, 0.3) is 0 Å². The maximum Gasteiger partial charge on any atom is 0.305 e. The van der Waals surface area contributed by atoms with Crippen molar-refractivity contribution in [3.63, 3.8) is 0 Å². The Hall–Kier alpha value is -1.14. The van der Waals surface area contributed by atoms with Gasteiger partial charge in [-0.1, -0.05) is 335 Å². The van der Waals surface area contributed by atoms with Crippen LogP contribution in [0.4, 0.5) is 0 Å². The van der Waals surface area contributed by atoms with Gasteiger partial charge in [-0.15, -0.1) is 0 Å². The first kappa shape index (κ1) is 68.9. The molecule has 0 aromatic carbocycles. The molecule has 1 amide bonds. The van der Waals surface area contributed by atoms with Gasteiger partial charge in [0.15, 0.2) is 0 Å². The number of amides is 1. The summed E-state index contributed by atoms with van der Waals surface area (Å²) in [7, 11) is 0. The predicted octanol–water partition coefficient (Wildman–Crippen LogP) is 20.3. The van der Waals surface area contributed by atoms with Crippen molar-refractivity contribution in [1.29, 1.82) is 0 Å².